The van der Waals surface area contributed by atoms with E-state index in [1.807, 2.05) is 0 Å². The van der Waals surface area contributed by atoms with Gasteiger partial charge in [-0.25, -0.2) is 10.1 Å². The van der Waals surface area contributed by atoms with Gasteiger partial charge in [0.05, 0.1) is 6.10 Å². The van der Waals surface area contributed by atoms with E-state index < -0.39 is 6.16 Å². The summed E-state index contributed by atoms with van der Waals surface area (Å²) in [7, 11) is 0. The summed E-state index contributed by atoms with van der Waals surface area (Å²) in [4.78, 5) is 17.3. The smallest absolute Gasteiger partial charge is 0.506 e. The monoisotopic (exact) mass is 297 g/mol. The molecule has 0 aliphatic heterocycles. The molecule has 0 saturated heterocycles. The van der Waals surface area contributed by atoms with Crippen LogP contribution in [-0.2, 0) is 14.6 Å². The second-order valence-corrected chi connectivity index (χ2v) is 3.86. The van der Waals surface area contributed by atoms with Crippen molar-refractivity contribution in [2.45, 2.75) is 52.6 Å². The number of ether oxygens (including phenoxy) is 1. The Labute approximate surface area is 117 Å². The van der Waals surface area contributed by atoms with Gasteiger partial charge in [-0.15, -0.1) is 0 Å². The molecule has 0 heterocycles. The zero-order valence-corrected chi connectivity index (χ0v) is 11.9. The predicted octanol–water partition coefficient (Wildman–Crippen LogP) is 2.46. The van der Waals surface area contributed by atoms with Gasteiger partial charge in [0.1, 0.15) is 11.6 Å². The minimum Gasteiger partial charge on any atom is -0.567 e. The topological polar surface area (TPSA) is 136 Å². The molecule has 10 nitrogen and oxygen atoms in total. The van der Waals surface area contributed by atoms with E-state index in [4.69, 9.17) is 10.4 Å². The van der Waals surface area contributed by atoms with E-state index in [-0.39, 0.29) is 11.1 Å². The maximum Gasteiger partial charge on any atom is 0.506 e. The number of carbonyl (C=O) groups is 1. The van der Waals surface area contributed by atoms with Crippen LogP contribution in [0.25, 0.3) is 0 Å². The molecule has 0 spiro atoms. The lowest BCUT2D eigenvalue weighted by Gasteiger charge is -1.99. The lowest BCUT2D eigenvalue weighted by atomic mass is 10.2. The van der Waals surface area contributed by atoms with Gasteiger partial charge in [-0.05, 0) is 26.7 Å². The maximum atomic E-state index is 10.4. The van der Waals surface area contributed by atoms with Crippen molar-refractivity contribution in [3.63, 3.8) is 0 Å². The Morgan fingerprint density at radius 3 is 2.45 bits per heavy atom. The van der Waals surface area contributed by atoms with E-state index in [1.54, 1.807) is 13.8 Å². The van der Waals surface area contributed by atoms with Crippen molar-refractivity contribution in [3.05, 3.63) is 5.21 Å². The lowest BCUT2D eigenvalue weighted by molar-refractivity contribution is -0.695. The fourth-order valence-corrected chi connectivity index (χ4v) is 0.940. The molecule has 0 saturated carbocycles. The Bertz CT molecular complexity index is 261. The Morgan fingerprint density at radius 2 is 2.05 bits per heavy atom. The molecule has 0 radical (unpaired) electrons. The summed E-state index contributed by atoms with van der Waals surface area (Å²) < 4.78 is 4.17. The highest BCUT2D eigenvalue weighted by atomic mass is 17.2. The SMILES string of the molecule is CC(C)OC(=O)O.CCCCCCON=[N+]([O-])NOO. The minimum absolute atomic E-state index is 0.125. The number of hydrogen-bond acceptors (Lipinski definition) is 7. The van der Waals surface area contributed by atoms with Crippen LogP contribution in [0.15, 0.2) is 5.28 Å². The van der Waals surface area contributed by atoms with Crippen molar-refractivity contribution in [2.24, 2.45) is 5.28 Å². The van der Waals surface area contributed by atoms with Crippen LogP contribution < -0.4 is 5.59 Å². The molecule has 0 unspecified atom stereocenters. The predicted molar refractivity (Wildman–Crippen MR) is 67.2 cm³/mol. The first kappa shape index (κ1) is 20.5. The van der Waals surface area contributed by atoms with Crippen LogP contribution in [0.3, 0.4) is 0 Å². The second-order valence-electron chi connectivity index (χ2n) is 3.86. The van der Waals surface area contributed by atoms with Crippen LogP contribution in [0.1, 0.15) is 46.5 Å². The Kier molecular flexibility index (Phi) is 15.6. The van der Waals surface area contributed by atoms with Crippen LogP contribution in [0.4, 0.5) is 4.79 Å². The van der Waals surface area contributed by atoms with Crippen LogP contribution >= 0.6 is 0 Å². The van der Waals surface area contributed by atoms with E-state index in [2.05, 4.69) is 26.8 Å². The van der Waals surface area contributed by atoms with Crippen LogP contribution in [-0.4, -0.2) is 34.2 Å². The fraction of sp³-hybridized carbons (Fsp3) is 0.900. The van der Waals surface area contributed by atoms with Gasteiger partial charge in [-0.1, -0.05) is 24.8 Å². The van der Waals surface area contributed by atoms with Gasteiger partial charge in [-0.2, -0.15) is 0 Å². The zero-order chi connectivity index (χ0) is 15.8. The molecule has 0 bridgehead atoms. The third kappa shape index (κ3) is 21.5. The van der Waals surface area contributed by atoms with Gasteiger partial charge in [0.2, 0.25) is 5.28 Å². The minimum atomic E-state index is -1.21. The van der Waals surface area contributed by atoms with Crippen molar-refractivity contribution in [1.29, 1.82) is 0 Å². The summed E-state index contributed by atoms with van der Waals surface area (Å²) in [6, 6.07) is 0. The number of carboxylic acid groups (broad SMARTS) is 1. The lowest BCUT2D eigenvalue weighted by Crippen LogP contribution is -2.21. The second kappa shape index (κ2) is 15.2. The van der Waals surface area contributed by atoms with Gasteiger partial charge in [0.15, 0.2) is 0 Å². The summed E-state index contributed by atoms with van der Waals surface area (Å²) in [5, 5.41) is 29.0. The molecule has 10 heteroatoms. The van der Waals surface area contributed by atoms with Gasteiger partial charge in [-0.3, -0.25) is 0 Å². The molecular formula is C10H23N3O7. The van der Waals surface area contributed by atoms with E-state index in [0.29, 0.717) is 6.61 Å². The highest BCUT2D eigenvalue weighted by molar-refractivity contribution is 5.56. The molecule has 0 rings (SSSR count). The summed E-state index contributed by atoms with van der Waals surface area (Å²) >= 11 is 0. The summed E-state index contributed by atoms with van der Waals surface area (Å²) in [5.74, 6) is 0. The van der Waals surface area contributed by atoms with Crippen LogP contribution in [0.2, 0.25) is 0 Å². The summed E-state index contributed by atoms with van der Waals surface area (Å²) in [5.41, 5.74) is 1.49. The number of nitrogens with one attached hydrogen (secondary N) is 1. The van der Waals surface area contributed by atoms with Gasteiger partial charge in [0, 0.05) is 5.59 Å². The Hall–Kier alpha value is -1.81. The molecule has 0 aromatic carbocycles. The van der Waals surface area contributed by atoms with E-state index in [1.165, 1.54) is 5.59 Å². The largest absolute Gasteiger partial charge is 0.567 e. The molecule has 0 atom stereocenters. The van der Waals surface area contributed by atoms with Crippen molar-refractivity contribution in [2.75, 3.05) is 6.61 Å². The molecule has 20 heavy (non-hydrogen) atoms. The maximum absolute atomic E-state index is 10.4. The van der Waals surface area contributed by atoms with Crippen molar-refractivity contribution < 1.29 is 34.7 Å². The number of hydrazine groups is 1. The standard InChI is InChI=1S/C6H15N3O4.C4H8O3/c1-2-3-4-5-6-12-7-9(10)8-13-11;1-3(2)7-4(5)6/h11H,2-6H2,1H3,(H,7,8);3H,1-2H3,(H,5,6). The normalized spacial score (nSPS) is 10.6. The average molecular weight is 297 g/mol. The first-order valence-electron chi connectivity index (χ1n) is 6.19. The first-order valence-corrected chi connectivity index (χ1v) is 6.19. The third-order valence-corrected chi connectivity index (χ3v) is 1.68. The van der Waals surface area contributed by atoms with E-state index in [0.717, 1.165) is 25.7 Å². The molecule has 0 aliphatic rings. The van der Waals surface area contributed by atoms with Crippen molar-refractivity contribution in [3.8, 4) is 0 Å². The molecule has 0 fully saturated rings. The highest BCUT2D eigenvalue weighted by Gasteiger charge is 1.97. The number of nitrogens with zero attached hydrogens (tertiary/aromatic N) is 2. The van der Waals surface area contributed by atoms with E-state index >= 15 is 0 Å². The molecule has 0 amide bonds. The average Bonchev–Trinajstić information content (AvgIpc) is 2.33. The molecule has 120 valence electrons. The van der Waals surface area contributed by atoms with E-state index in [9.17, 15) is 10.0 Å². The molecule has 0 aromatic heterocycles. The Morgan fingerprint density at radius 1 is 1.40 bits per heavy atom. The van der Waals surface area contributed by atoms with Gasteiger partial charge in [0.25, 0.3) is 0 Å². The first-order chi connectivity index (χ1) is 9.43. The van der Waals surface area contributed by atoms with Gasteiger partial charge >= 0.3 is 6.16 Å². The summed E-state index contributed by atoms with van der Waals surface area (Å²) in [6.07, 6.45) is 2.75. The number of unbranched alkanes of at least 4 members (excludes halogenated alkanes) is 3. The molecule has 0 aromatic rings. The van der Waals surface area contributed by atoms with Crippen molar-refractivity contribution in [1.82, 2.24) is 5.59 Å². The van der Waals surface area contributed by atoms with Gasteiger partial charge < -0.3 is 19.9 Å². The van der Waals surface area contributed by atoms with Crippen LogP contribution in [0.5, 0.6) is 0 Å². The van der Waals surface area contributed by atoms with Crippen molar-refractivity contribution >= 4 is 6.16 Å². The Balaban J connectivity index is 0. The number of hydrogen-bond donors (Lipinski definition) is 3. The quantitative estimate of drug-likeness (QED) is 0.147. The molecular weight excluding hydrogens is 274 g/mol. The molecule has 0 aliphatic carbocycles. The fourth-order valence-electron chi connectivity index (χ4n) is 0.940. The summed E-state index contributed by atoms with van der Waals surface area (Å²) in [6.45, 7) is 5.81. The van der Waals surface area contributed by atoms with Crippen LogP contribution in [0, 0.1) is 5.21 Å². The highest BCUT2D eigenvalue weighted by Crippen LogP contribution is 1.98. The molecule has 3 N–H and O–H groups in total. The third-order valence-electron chi connectivity index (χ3n) is 1.68. The zero-order valence-electron chi connectivity index (χ0n) is 11.9. The number of rotatable bonds is 9.